The van der Waals surface area contributed by atoms with Gasteiger partial charge in [-0.15, -0.1) is 0 Å². The number of hydrogen-bond acceptors (Lipinski definition) is 2. The summed E-state index contributed by atoms with van der Waals surface area (Å²) in [5, 5.41) is 8.65. The highest BCUT2D eigenvalue weighted by molar-refractivity contribution is 5.85. The zero-order valence-electron chi connectivity index (χ0n) is 11.8. The minimum atomic E-state index is -1.03. The highest BCUT2D eigenvalue weighted by Crippen LogP contribution is 2.29. The van der Waals surface area contributed by atoms with E-state index in [0.29, 0.717) is 17.5 Å². The van der Waals surface area contributed by atoms with Crippen molar-refractivity contribution in [3.05, 3.63) is 35.7 Å². The van der Waals surface area contributed by atoms with Gasteiger partial charge in [-0.05, 0) is 55.5 Å². The number of halogens is 1. The number of piperidine rings is 1. The summed E-state index contributed by atoms with van der Waals surface area (Å²) in [4.78, 5) is 12.8. The molecule has 2 rings (SSSR count). The van der Waals surface area contributed by atoms with Gasteiger partial charge in [0.1, 0.15) is 5.82 Å². The van der Waals surface area contributed by atoms with Gasteiger partial charge in [0, 0.05) is 24.4 Å². The Labute approximate surface area is 118 Å². The van der Waals surface area contributed by atoms with E-state index >= 15 is 0 Å². The highest BCUT2D eigenvalue weighted by Gasteiger charge is 2.25. The summed E-state index contributed by atoms with van der Waals surface area (Å²) < 4.78 is 13.7. The largest absolute Gasteiger partial charge is 0.478 e. The van der Waals surface area contributed by atoms with Gasteiger partial charge in [0.15, 0.2) is 0 Å². The molecule has 1 aromatic carbocycles. The molecule has 1 aromatic rings. The van der Waals surface area contributed by atoms with E-state index in [9.17, 15) is 9.18 Å². The smallest absolute Gasteiger partial charge is 0.328 e. The normalized spacial score (nSPS) is 23.2. The van der Waals surface area contributed by atoms with E-state index in [0.717, 1.165) is 24.7 Å². The average Bonchev–Trinajstić information content (AvgIpc) is 2.39. The first-order chi connectivity index (χ1) is 9.47. The summed E-state index contributed by atoms with van der Waals surface area (Å²) in [5.41, 5.74) is 1.40. The van der Waals surface area contributed by atoms with Crippen LogP contribution in [0.15, 0.2) is 24.3 Å². The van der Waals surface area contributed by atoms with Crippen molar-refractivity contribution < 1.29 is 14.3 Å². The van der Waals surface area contributed by atoms with Gasteiger partial charge in [0.05, 0.1) is 0 Å². The van der Waals surface area contributed by atoms with Gasteiger partial charge < -0.3 is 10.0 Å². The average molecular weight is 277 g/mol. The van der Waals surface area contributed by atoms with Crippen LogP contribution in [0.5, 0.6) is 0 Å². The van der Waals surface area contributed by atoms with E-state index in [1.807, 2.05) is 6.07 Å². The molecule has 0 radical (unpaired) electrons. The molecule has 1 N–H and O–H groups in total. The Hall–Kier alpha value is -1.84. The molecule has 0 aliphatic carbocycles. The number of aliphatic carboxylic acids is 1. The molecule has 0 amide bonds. The third kappa shape index (κ3) is 3.38. The number of anilines is 1. The van der Waals surface area contributed by atoms with Crippen molar-refractivity contribution in [1.82, 2.24) is 0 Å². The summed E-state index contributed by atoms with van der Waals surface area (Å²) >= 11 is 0. The van der Waals surface area contributed by atoms with Crippen LogP contribution in [0, 0.1) is 11.7 Å². The van der Waals surface area contributed by atoms with Crippen LogP contribution in [0.3, 0.4) is 0 Å². The second kappa shape index (κ2) is 6.07. The number of nitrogens with zero attached hydrogens (tertiary/aromatic N) is 1. The molecule has 1 aliphatic heterocycles. The standard InChI is InChI=1S/C16H20FNO2/c1-11-4-3-7-18(12(11)2)15-9-13(5-6-16(19)20)8-14(17)10-15/h5-6,8-12H,3-4,7H2,1-2H3,(H,19,20)/b6-5+. The quantitative estimate of drug-likeness (QED) is 0.859. The lowest BCUT2D eigenvalue weighted by atomic mass is 9.91. The van der Waals surface area contributed by atoms with Crippen molar-refractivity contribution in [3.63, 3.8) is 0 Å². The van der Waals surface area contributed by atoms with Crippen LogP contribution >= 0.6 is 0 Å². The summed E-state index contributed by atoms with van der Waals surface area (Å²) in [5.74, 6) is -0.793. The van der Waals surface area contributed by atoms with Crippen LogP contribution in [0.1, 0.15) is 32.3 Å². The van der Waals surface area contributed by atoms with E-state index in [1.54, 1.807) is 0 Å². The molecule has 0 aromatic heterocycles. The molecule has 1 aliphatic rings. The zero-order chi connectivity index (χ0) is 14.7. The van der Waals surface area contributed by atoms with E-state index in [1.165, 1.54) is 24.6 Å². The van der Waals surface area contributed by atoms with Crippen LogP contribution in [-0.4, -0.2) is 23.7 Å². The first-order valence-corrected chi connectivity index (χ1v) is 6.95. The SMILES string of the molecule is CC1CCCN(c2cc(F)cc(/C=C/C(=O)O)c2)C1C. The van der Waals surface area contributed by atoms with E-state index in [-0.39, 0.29) is 5.82 Å². The van der Waals surface area contributed by atoms with Crippen molar-refractivity contribution in [3.8, 4) is 0 Å². The maximum Gasteiger partial charge on any atom is 0.328 e. The third-order valence-corrected chi connectivity index (χ3v) is 4.03. The Balaban J connectivity index is 2.29. The predicted molar refractivity (Wildman–Crippen MR) is 78.3 cm³/mol. The lowest BCUT2D eigenvalue weighted by Gasteiger charge is -2.39. The Bertz CT molecular complexity index is 527. The van der Waals surface area contributed by atoms with Crippen molar-refractivity contribution in [2.75, 3.05) is 11.4 Å². The fourth-order valence-corrected chi connectivity index (χ4v) is 2.73. The molecule has 108 valence electrons. The number of rotatable bonds is 3. The Morgan fingerprint density at radius 2 is 2.15 bits per heavy atom. The maximum atomic E-state index is 13.7. The van der Waals surface area contributed by atoms with Gasteiger partial charge in [0.2, 0.25) is 0 Å². The number of carboxylic acid groups (broad SMARTS) is 1. The summed E-state index contributed by atoms with van der Waals surface area (Å²) in [6.45, 7) is 5.28. The summed E-state index contributed by atoms with van der Waals surface area (Å²) in [6, 6.07) is 5.08. The number of benzene rings is 1. The fraction of sp³-hybridized carbons (Fsp3) is 0.438. The lowest BCUT2D eigenvalue weighted by Crippen LogP contribution is -2.42. The Kier molecular flexibility index (Phi) is 4.42. The molecular formula is C16H20FNO2. The van der Waals surface area contributed by atoms with Crippen LogP contribution in [0.2, 0.25) is 0 Å². The predicted octanol–water partition coefficient (Wildman–Crippen LogP) is 3.55. The molecule has 3 nitrogen and oxygen atoms in total. The molecule has 20 heavy (non-hydrogen) atoms. The van der Waals surface area contributed by atoms with E-state index < -0.39 is 5.97 Å². The fourth-order valence-electron chi connectivity index (χ4n) is 2.73. The van der Waals surface area contributed by atoms with E-state index in [2.05, 4.69) is 18.7 Å². The number of carboxylic acids is 1. The molecule has 1 fully saturated rings. The maximum absolute atomic E-state index is 13.7. The third-order valence-electron chi connectivity index (χ3n) is 4.03. The van der Waals surface area contributed by atoms with Gasteiger partial charge in [-0.3, -0.25) is 0 Å². The van der Waals surface area contributed by atoms with Crippen LogP contribution in [0.25, 0.3) is 6.08 Å². The van der Waals surface area contributed by atoms with Gasteiger partial charge in [-0.25, -0.2) is 9.18 Å². The van der Waals surface area contributed by atoms with Crippen LogP contribution in [0.4, 0.5) is 10.1 Å². The van der Waals surface area contributed by atoms with Crippen molar-refractivity contribution in [2.24, 2.45) is 5.92 Å². The molecular weight excluding hydrogens is 257 g/mol. The summed E-state index contributed by atoms with van der Waals surface area (Å²) in [6.07, 6.45) is 4.74. The molecule has 2 atom stereocenters. The van der Waals surface area contributed by atoms with Gasteiger partial charge in [0.25, 0.3) is 0 Å². The Morgan fingerprint density at radius 1 is 1.40 bits per heavy atom. The Morgan fingerprint density at radius 3 is 2.85 bits per heavy atom. The molecule has 2 unspecified atom stereocenters. The van der Waals surface area contributed by atoms with Crippen LogP contribution < -0.4 is 4.90 Å². The van der Waals surface area contributed by atoms with Gasteiger partial charge in [-0.1, -0.05) is 6.92 Å². The molecule has 0 spiro atoms. The second-order valence-electron chi connectivity index (χ2n) is 5.47. The monoisotopic (exact) mass is 277 g/mol. The van der Waals surface area contributed by atoms with Gasteiger partial charge in [-0.2, -0.15) is 0 Å². The van der Waals surface area contributed by atoms with Crippen LogP contribution in [-0.2, 0) is 4.79 Å². The number of carbonyl (C=O) groups is 1. The first kappa shape index (κ1) is 14.6. The molecule has 0 saturated carbocycles. The number of hydrogen-bond donors (Lipinski definition) is 1. The van der Waals surface area contributed by atoms with Crippen molar-refractivity contribution in [1.29, 1.82) is 0 Å². The summed E-state index contributed by atoms with van der Waals surface area (Å²) in [7, 11) is 0. The minimum Gasteiger partial charge on any atom is -0.478 e. The molecule has 1 saturated heterocycles. The second-order valence-corrected chi connectivity index (χ2v) is 5.47. The minimum absolute atomic E-state index is 0.335. The highest BCUT2D eigenvalue weighted by atomic mass is 19.1. The molecule has 4 heteroatoms. The van der Waals surface area contributed by atoms with E-state index in [4.69, 9.17) is 5.11 Å². The van der Waals surface area contributed by atoms with Crippen molar-refractivity contribution >= 4 is 17.7 Å². The van der Waals surface area contributed by atoms with Gasteiger partial charge >= 0.3 is 5.97 Å². The lowest BCUT2D eigenvalue weighted by molar-refractivity contribution is -0.131. The molecule has 1 heterocycles. The zero-order valence-corrected chi connectivity index (χ0v) is 11.8. The molecule has 0 bridgehead atoms. The van der Waals surface area contributed by atoms with Crippen molar-refractivity contribution in [2.45, 2.75) is 32.7 Å². The topological polar surface area (TPSA) is 40.5 Å². The first-order valence-electron chi connectivity index (χ1n) is 6.95.